The molecule has 0 aliphatic heterocycles. The van der Waals surface area contributed by atoms with E-state index in [1.807, 2.05) is 0 Å². The van der Waals surface area contributed by atoms with Crippen LogP contribution in [-0.4, -0.2) is 0 Å². The highest BCUT2D eigenvalue weighted by Gasteiger charge is 2.34. The standard InChI is InChI=1S/C34H17F13/c35-27-17-26(18-1-9-22(10-2-18)31(36,37)38)28(19-3-11-23(12-4-19)32(39,40)41)30(21-7-15-25(16-8-21)34(45,46)47)29(27)20-5-13-24(14-6-20)33(42,43)44/h1-17H. The molecule has 0 saturated heterocycles. The van der Waals surface area contributed by atoms with E-state index >= 15 is 4.39 Å². The minimum atomic E-state index is -4.79. The molecule has 0 N–H and O–H groups in total. The number of alkyl halides is 12. The fourth-order valence-electron chi connectivity index (χ4n) is 5.06. The molecule has 0 unspecified atom stereocenters. The minimum absolute atomic E-state index is 0.0427. The van der Waals surface area contributed by atoms with Crippen LogP contribution >= 0.6 is 0 Å². The summed E-state index contributed by atoms with van der Waals surface area (Å²) in [5.74, 6) is -1.12. The van der Waals surface area contributed by atoms with Crippen LogP contribution < -0.4 is 0 Å². The summed E-state index contributed by atoms with van der Waals surface area (Å²) >= 11 is 0. The maximum Gasteiger partial charge on any atom is 0.416 e. The lowest BCUT2D eigenvalue weighted by Gasteiger charge is -2.22. The van der Waals surface area contributed by atoms with Crippen LogP contribution in [0.5, 0.6) is 0 Å². The maximum absolute atomic E-state index is 16.2. The van der Waals surface area contributed by atoms with Crippen molar-refractivity contribution in [1.29, 1.82) is 0 Å². The van der Waals surface area contributed by atoms with Crippen LogP contribution in [0.3, 0.4) is 0 Å². The van der Waals surface area contributed by atoms with Crippen molar-refractivity contribution in [2.45, 2.75) is 24.7 Å². The van der Waals surface area contributed by atoms with Crippen LogP contribution in [0.25, 0.3) is 44.5 Å². The predicted octanol–water partition coefficient (Wildman–Crippen LogP) is 12.6. The summed E-state index contributed by atoms with van der Waals surface area (Å²) in [6.07, 6.45) is -19.1. The first-order valence-corrected chi connectivity index (χ1v) is 13.3. The topological polar surface area (TPSA) is 0 Å². The van der Waals surface area contributed by atoms with Gasteiger partial charge in [-0.15, -0.1) is 0 Å². The van der Waals surface area contributed by atoms with Crippen molar-refractivity contribution in [2.24, 2.45) is 0 Å². The number of hydrogen-bond donors (Lipinski definition) is 0. The molecule has 0 radical (unpaired) electrons. The highest BCUT2D eigenvalue weighted by Crippen LogP contribution is 2.48. The highest BCUT2D eigenvalue weighted by atomic mass is 19.4. The van der Waals surface area contributed by atoms with Crippen molar-refractivity contribution in [1.82, 2.24) is 0 Å². The average molecular weight is 672 g/mol. The quantitative estimate of drug-likeness (QED) is 0.167. The van der Waals surface area contributed by atoms with Crippen molar-refractivity contribution < 1.29 is 57.1 Å². The first-order chi connectivity index (χ1) is 21.7. The Labute approximate surface area is 257 Å². The normalized spacial score (nSPS) is 12.8. The number of rotatable bonds is 4. The van der Waals surface area contributed by atoms with Crippen LogP contribution in [-0.2, 0) is 24.7 Å². The summed E-state index contributed by atoms with van der Waals surface area (Å²) in [4.78, 5) is 0. The van der Waals surface area contributed by atoms with Crippen LogP contribution in [0.15, 0.2) is 103 Å². The van der Waals surface area contributed by atoms with Crippen LogP contribution in [0.4, 0.5) is 57.1 Å². The summed E-state index contributed by atoms with van der Waals surface area (Å²) < 4.78 is 177. The van der Waals surface area contributed by atoms with Crippen molar-refractivity contribution >= 4 is 0 Å². The Kier molecular flexibility index (Phi) is 8.40. The smallest absolute Gasteiger partial charge is 0.206 e. The molecular formula is C34H17F13. The lowest BCUT2D eigenvalue weighted by molar-refractivity contribution is -0.138. The molecule has 0 bridgehead atoms. The largest absolute Gasteiger partial charge is 0.416 e. The van der Waals surface area contributed by atoms with Crippen LogP contribution in [0.2, 0.25) is 0 Å². The molecule has 0 spiro atoms. The van der Waals surface area contributed by atoms with Gasteiger partial charge < -0.3 is 0 Å². The Morgan fingerprint density at radius 3 is 0.851 bits per heavy atom. The van der Waals surface area contributed by atoms with Crippen LogP contribution in [0.1, 0.15) is 22.3 Å². The summed E-state index contributed by atoms with van der Waals surface area (Å²) in [7, 11) is 0. The lowest BCUT2D eigenvalue weighted by Crippen LogP contribution is -2.06. The first kappa shape index (κ1) is 33.6. The minimum Gasteiger partial charge on any atom is -0.206 e. The van der Waals surface area contributed by atoms with Gasteiger partial charge in [0.1, 0.15) is 5.82 Å². The zero-order chi connectivity index (χ0) is 34.5. The Hall–Kier alpha value is -4.81. The monoisotopic (exact) mass is 672 g/mol. The molecule has 5 rings (SSSR count). The van der Waals surface area contributed by atoms with Gasteiger partial charge >= 0.3 is 24.7 Å². The molecule has 5 aromatic carbocycles. The van der Waals surface area contributed by atoms with Gasteiger partial charge in [0.15, 0.2) is 0 Å². The third kappa shape index (κ3) is 6.98. The third-order valence-corrected chi connectivity index (χ3v) is 7.31. The van der Waals surface area contributed by atoms with Crippen molar-refractivity contribution in [3.8, 4) is 44.5 Å². The fraction of sp³-hybridized carbons (Fsp3) is 0.118. The van der Waals surface area contributed by atoms with E-state index in [1.54, 1.807) is 0 Å². The molecule has 0 aromatic heterocycles. The van der Waals surface area contributed by atoms with E-state index in [1.165, 1.54) is 0 Å². The van der Waals surface area contributed by atoms with Crippen molar-refractivity contribution in [3.05, 3.63) is 131 Å². The second-order valence-corrected chi connectivity index (χ2v) is 10.3. The van der Waals surface area contributed by atoms with Gasteiger partial charge in [-0.3, -0.25) is 0 Å². The maximum atomic E-state index is 16.2. The molecule has 0 aliphatic rings. The van der Waals surface area contributed by atoms with Gasteiger partial charge in [0.05, 0.1) is 22.3 Å². The Morgan fingerprint density at radius 2 is 0.553 bits per heavy atom. The summed E-state index contributed by atoms with van der Waals surface area (Å²) in [5.41, 5.74) is -5.62. The molecular weight excluding hydrogens is 655 g/mol. The fourth-order valence-corrected chi connectivity index (χ4v) is 5.06. The van der Waals surface area contributed by atoms with E-state index in [-0.39, 0.29) is 38.9 Å². The SMILES string of the molecule is Fc1cc(-c2ccc(C(F)(F)F)cc2)c(-c2ccc(C(F)(F)F)cc2)c(-c2ccc(C(F)(F)F)cc2)c1-c1ccc(C(F)(F)F)cc1. The second-order valence-electron chi connectivity index (χ2n) is 10.3. The van der Waals surface area contributed by atoms with Gasteiger partial charge in [-0.05, 0) is 88.0 Å². The molecule has 0 saturated carbocycles. The van der Waals surface area contributed by atoms with Gasteiger partial charge in [0.25, 0.3) is 0 Å². The molecule has 0 amide bonds. The van der Waals surface area contributed by atoms with E-state index in [4.69, 9.17) is 0 Å². The number of benzene rings is 5. The Bertz CT molecular complexity index is 1870. The highest BCUT2D eigenvalue weighted by molar-refractivity contribution is 6.02. The number of halogens is 13. The zero-order valence-corrected chi connectivity index (χ0v) is 23.2. The lowest BCUT2D eigenvalue weighted by atomic mass is 9.82. The molecule has 0 aliphatic carbocycles. The zero-order valence-electron chi connectivity index (χ0n) is 23.2. The van der Waals surface area contributed by atoms with E-state index in [0.29, 0.717) is 48.5 Å². The molecule has 0 heterocycles. The molecule has 0 atom stereocenters. The molecule has 0 nitrogen and oxygen atoms in total. The Balaban J connectivity index is 1.88. The summed E-state index contributed by atoms with van der Waals surface area (Å²) in [6, 6.07) is 13.9. The van der Waals surface area contributed by atoms with Gasteiger partial charge in [-0.25, -0.2) is 4.39 Å². The van der Waals surface area contributed by atoms with Gasteiger partial charge in [0.2, 0.25) is 0 Å². The summed E-state index contributed by atoms with van der Waals surface area (Å²) in [6.45, 7) is 0. The average Bonchev–Trinajstić information content (AvgIpc) is 2.99. The van der Waals surface area contributed by atoms with E-state index in [0.717, 1.165) is 54.6 Å². The van der Waals surface area contributed by atoms with E-state index in [9.17, 15) is 52.7 Å². The van der Waals surface area contributed by atoms with Gasteiger partial charge in [0, 0.05) is 11.1 Å². The van der Waals surface area contributed by atoms with Gasteiger partial charge in [-0.2, -0.15) is 52.7 Å². The summed E-state index contributed by atoms with van der Waals surface area (Å²) in [5, 5.41) is 0. The molecule has 0 fully saturated rings. The van der Waals surface area contributed by atoms with Crippen molar-refractivity contribution in [3.63, 3.8) is 0 Å². The second kappa shape index (κ2) is 11.8. The molecule has 13 heteroatoms. The molecule has 244 valence electrons. The third-order valence-electron chi connectivity index (χ3n) is 7.31. The number of hydrogen-bond acceptors (Lipinski definition) is 0. The van der Waals surface area contributed by atoms with Crippen molar-refractivity contribution in [2.75, 3.05) is 0 Å². The predicted molar refractivity (Wildman–Crippen MR) is 148 cm³/mol. The van der Waals surface area contributed by atoms with E-state index < -0.39 is 58.3 Å². The molecule has 47 heavy (non-hydrogen) atoms. The van der Waals surface area contributed by atoms with E-state index in [2.05, 4.69) is 0 Å². The first-order valence-electron chi connectivity index (χ1n) is 13.3. The molecule has 5 aromatic rings. The van der Waals surface area contributed by atoms with Crippen LogP contribution in [0, 0.1) is 5.82 Å². The Morgan fingerprint density at radius 1 is 0.298 bits per heavy atom. The van der Waals surface area contributed by atoms with Gasteiger partial charge in [-0.1, -0.05) is 48.5 Å².